The van der Waals surface area contributed by atoms with E-state index < -0.39 is 12.1 Å². The first-order valence-electron chi connectivity index (χ1n) is 10.6. The minimum Gasteiger partial charge on any atom is -0.475 e. The van der Waals surface area contributed by atoms with Gasteiger partial charge in [-0.3, -0.25) is 9.59 Å². The topological polar surface area (TPSA) is 90.0 Å². The molecule has 1 aromatic carbocycles. The number of alkyl halides is 3. The maximum Gasteiger partial charge on any atom is 0.490 e. The lowest BCUT2D eigenvalue weighted by molar-refractivity contribution is -0.192. The summed E-state index contributed by atoms with van der Waals surface area (Å²) in [5, 5.41) is 10.4. The number of carboxylic acids is 1. The van der Waals surface area contributed by atoms with Crippen LogP contribution in [0.2, 0.25) is 0 Å². The Hall–Kier alpha value is -2.62. The van der Waals surface area contributed by atoms with Crippen LogP contribution in [0.1, 0.15) is 47.7 Å². The van der Waals surface area contributed by atoms with E-state index in [4.69, 9.17) is 9.90 Å². The quantitative estimate of drug-likeness (QED) is 0.654. The van der Waals surface area contributed by atoms with Gasteiger partial charge in [0, 0.05) is 51.3 Å². The zero-order chi connectivity index (χ0) is 24.3. The van der Waals surface area contributed by atoms with E-state index in [2.05, 4.69) is 18.3 Å². The van der Waals surface area contributed by atoms with Gasteiger partial charge in [0.15, 0.2) is 0 Å². The van der Waals surface area contributed by atoms with E-state index in [9.17, 15) is 22.8 Å². The molecule has 0 saturated carbocycles. The Kier molecular flexibility index (Phi) is 11.2. The Morgan fingerprint density at radius 1 is 1.06 bits per heavy atom. The van der Waals surface area contributed by atoms with Crippen molar-refractivity contribution in [3.05, 3.63) is 34.9 Å². The zero-order valence-electron chi connectivity index (χ0n) is 18.8. The highest BCUT2D eigenvalue weighted by Crippen LogP contribution is 2.14. The molecule has 32 heavy (non-hydrogen) atoms. The number of amides is 2. The molecule has 1 aliphatic heterocycles. The SMILES string of the molecule is CCCCN(CCC(=O)N1CCNCC1)C(=O)c1cc(C)cc(C)c1.O=C(O)C(F)(F)F. The number of carbonyl (C=O) groups is 3. The van der Waals surface area contributed by atoms with Crippen molar-refractivity contribution in [2.45, 2.75) is 46.2 Å². The van der Waals surface area contributed by atoms with E-state index in [0.29, 0.717) is 19.5 Å². The van der Waals surface area contributed by atoms with E-state index in [-0.39, 0.29) is 11.8 Å². The summed E-state index contributed by atoms with van der Waals surface area (Å²) in [6, 6.07) is 5.94. The highest BCUT2D eigenvalue weighted by atomic mass is 19.4. The summed E-state index contributed by atoms with van der Waals surface area (Å²) in [7, 11) is 0. The summed E-state index contributed by atoms with van der Waals surface area (Å²) in [4.78, 5) is 38.0. The van der Waals surface area contributed by atoms with Crippen molar-refractivity contribution in [3.63, 3.8) is 0 Å². The Bertz CT molecular complexity index is 758. The number of halogens is 3. The summed E-state index contributed by atoms with van der Waals surface area (Å²) in [5.41, 5.74) is 2.91. The first-order valence-corrected chi connectivity index (χ1v) is 10.6. The Morgan fingerprint density at radius 3 is 2.06 bits per heavy atom. The third-order valence-electron chi connectivity index (χ3n) is 4.85. The van der Waals surface area contributed by atoms with Crippen molar-refractivity contribution in [1.29, 1.82) is 0 Å². The largest absolute Gasteiger partial charge is 0.490 e. The standard InChI is InChI=1S/C20H31N3O2.C2HF3O2/c1-4-5-9-23(10-6-19(24)22-11-7-21-8-12-22)20(25)18-14-16(2)13-17(3)15-18;3-2(4,5)1(6)7/h13-15,21H,4-12H2,1-3H3;(H,6,7). The first kappa shape index (κ1) is 27.4. The van der Waals surface area contributed by atoms with Gasteiger partial charge in [-0.15, -0.1) is 0 Å². The van der Waals surface area contributed by atoms with Gasteiger partial charge in [-0.05, 0) is 32.4 Å². The van der Waals surface area contributed by atoms with Crippen LogP contribution in [0.15, 0.2) is 18.2 Å². The fourth-order valence-electron chi connectivity index (χ4n) is 3.25. The number of hydrogen-bond donors (Lipinski definition) is 2. The molecular formula is C22H32F3N3O4. The fourth-order valence-corrected chi connectivity index (χ4v) is 3.25. The molecule has 2 rings (SSSR count). The molecule has 0 aliphatic carbocycles. The number of piperazine rings is 1. The normalized spacial score (nSPS) is 13.8. The number of unbranched alkanes of at least 4 members (excludes halogenated alkanes) is 1. The molecule has 1 saturated heterocycles. The van der Waals surface area contributed by atoms with Gasteiger partial charge in [-0.1, -0.05) is 30.5 Å². The van der Waals surface area contributed by atoms with Crippen LogP contribution in [0.25, 0.3) is 0 Å². The Balaban J connectivity index is 0.000000633. The van der Waals surface area contributed by atoms with Gasteiger partial charge < -0.3 is 20.2 Å². The summed E-state index contributed by atoms with van der Waals surface area (Å²) in [6.07, 6.45) is -2.69. The van der Waals surface area contributed by atoms with Gasteiger partial charge in [-0.2, -0.15) is 13.2 Å². The number of hydrogen-bond acceptors (Lipinski definition) is 4. The van der Waals surface area contributed by atoms with Gasteiger partial charge in [0.1, 0.15) is 0 Å². The molecule has 1 heterocycles. The van der Waals surface area contributed by atoms with Gasteiger partial charge in [0.05, 0.1) is 0 Å². The number of benzene rings is 1. The van der Waals surface area contributed by atoms with Crippen LogP contribution in [-0.2, 0) is 9.59 Å². The van der Waals surface area contributed by atoms with Crippen molar-refractivity contribution >= 4 is 17.8 Å². The van der Waals surface area contributed by atoms with Gasteiger partial charge in [0.2, 0.25) is 5.91 Å². The van der Waals surface area contributed by atoms with Crippen LogP contribution in [0.4, 0.5) is 13.2 Å². The minimum absolute atomic E-state index is 0.0355. The summed E-state index contributed by atoms with van der Waals surface area (Å²) >= 11 is 0. The maximum absolute atomic E-state index is 12.9. The van der Waals surface area contributed by atoms with E-state index >= 15 is 0 Å². The molecule has 0 spiro atoms. The molecule has 0 atom stereocenters. The average molecular weight is 460 g/mol. The minimum atomic E-state index is -5.08. The second-order valence-electron chi connectivity index (χ2n) is 7.71. The number of aliphatic carboxylic acids is 1. The molecule has 10 heteroatoms. The van der Waals surface area contributed by atoms with Crippen LogP contribution >= 0.6 is 0 Å². The molecular weight excluding hydrogens is 427 g/mol. The lowest BCUT2D eigenvalue weighted by Gasteiger charge is -2.29. The third-order valence-corrected chi connectivity index (χ3v) is 4.85. The summed E-state index contributed by atoms with van der Waals surface area (Å²) in [6.45, 7) is 10.6. The summed E-state index contributed by atoms with van der Waals surface area (Å²) in [5.74, 6) is -2.57. The molecule has 0 bridgehead atoms. The van der Waals surface area contributed by atoms with E-state index in [1.165, 1.54) is 0 Å². The molecule has 1 aromatic rings. The van der Waals surface area contributed by atoms with E-state index in [1.54, 1.807) is 0 Å². The van der Waals surface area contributed by atoms with Crippen LogP contribution < -0.4 is 5.32 Å². The lowest BCUT2D eigenvalue weighted by Crippen LogP contribution is -2.47. The number of carbonyl (C=O) groups excluding carboxylic acids is 2. The number of nitrogens with one attached hydrogen (secondary N) is 1. The lowest BCUT2D eigenvalue weighted by atomic mass is 10.1. The highest BCUT2D eigenvalue weighted by Gasteiger charge is 2.38. The van der Waals surface area contributed by atoms with Gasteiger partial charge >= 0.3 is 12.1 Å². The van der Waals surface area contributed by atoms with Gasteiger partial charge in [-0.25, -0.2) is 4.79 Å². The molecule has 1 aliphatic rings. The fraction of sp³-hybridized carbons (Fsp3) is 0.591. The van der Waals surface area contributed by atoms with Crippen molar-refractivity contribution < 1.29 is 32.7 Å². The number of aryl methyl sites for hydroxylation is 2. The van der Waals surface area contributed by atoms with Gasteiger partial charge in [0.25, 0.3) is 5.91 Å². The van der Waals surface area contributed by atoms with Crippen molar-refractivity contribution in [2.24, 2.45) is 0 Å². The average Bonchev–Trinajstić information content (AvgIpc) is 2.73. The van der Waals surface area contributed by atoms with Crippen LogP contribution in [0, 0.1) is 13.8 Å². The van der Waals surface area contributed by atoms with Crippen LogP contribution in [0.5, 0.6) is 0 Å². The number of carboxylic acid groups (broad SMARTS) is 1. The highest BCUT2D eigenvalue weighted by molar-refractivity contribution is 5.95. The summed E-state index contributed by atoms with van der Waals surface area (Å²) < 4.78 is 31.7. The van der Waals surface area contributed by atoms with Crippen molar-refractivity contribution in [1.82, 2.24) is 15.1 Å². The molecule has 1 fully saturated rings. The Morgan fingerprint density at radius 2 is 1.59 bits per heavy atom. The molecule has 2 amide bonds. The molecule has 0 radical (unpaired) electrons. The van der Waals surface area contributed by atoms with Crippen LogP contribution in [0.3, 0.4) is 0 Å². The molecule has 180 valence electrons. The van der Waals surface area contributed by atoms with Crippen molar-refractivity contribution in [2.75, 3.05) is 39.3 Å². The number of rotatable bonds is 7. The maximum atomic E-state index is 12.9. The monoisotopic (exact) mass is 459 g/mol. The van der Waals surface area contributed by atoms with E-state index in [0.717, 1.165) is 55.7 Å². The number of nitrogens with zero attached hydrogens (tertiary/aromatic N) is 2. The van der Waals surface area contributed by atoms with Crippen molar-refractivity contribution in [3.8, 4) is 0 Å². The molecule has 2 N–H and O–H groups in total. The predicted molar refractivity (Wildman–Crippen MR) is 114 cm³/mol. The molecule has 0 aromatic heterocycles. The molecule has 0 unspecified atom stereocenters. The third kappa shape index (κ3) is 9.67. The second kappa shape index (κ2) is 13.0. The Labute approximate surface area is 186 Å². The first-order chi connectivity index (χ1) is 15.0. The van der Waals surface area contributed by atoms with Crippen LogP contribution in [-0.4, -0.2) is 78.1 Å². The smallest absolute Gasteiger partial charge is 0.475 e. The van der Waals surface area contributed by atoms with E-state index in [1.807, 2.05) is 35.8 Å². The predicted octanol–water partition coefficient (Wildman–Crippen LogP) is 3.00. The second-order valence-corrected chi connectivity index (χ2v) is 7.71. The molecule has 7 nitrogen and oxygen atoms in total. The zero-order valence-corrected chi connectivity index (χ0v) is 18.8.